The van der Waals surface area contributed by atoms with Crippen LogP contribution in [-0.2, 0) is 31.7 Å². The van der Waals surface area contributed by atoms with Crippen LogP contribution < -0.4 is 0 Å². The van der Waals surface area contributed by atoms with Gasteiger partial charge in [-0.25, -0.2) is 12.1 Å². The Hall–Kier alpha value is 0.163. The Morgan fingerprint density at radius 2 is 1.00 bits per heavy atom. The normalized spacial score (nSPS) is 11.0. The summed E-state index contributed by atoms with van der Waals surface area (Å²) in [4.78, 5) is 0. The fourth-order valence-corrected chi connectivity index (χ4v) is 3.19. The summed E-state index contributed by atoms with van der Waals surface area (Å²) in [5.41, 5.74) is 6.58. The van der Waals surface area contributed by atoms with E-state index in [2.05, 4.69) is 91.8 Å². The van der Waals surface area contributed by atoms with Crippen LogP contribution in [0.5, 0.6) is 0 Å². The SMILES string of the molecule is CCC(C)(CC)c1cc[c-](C)c1.CCC(C)(CC)c1cc[c-](C)c1.[Cl][Zr+2][Cl]. The molecule has 0 nitrogen and oxygen atoms in total. The maximum absolute atomic E-state index is 4.93. The molecule has 0 aromatic heterocycles. The molecule has 152 valence electrons. The van der Waals surface area contributed by atoms with Crippen LogP contribution >= 0.6 is 17.0 Å². The quantitative estimate of drug-likeness (QED) is 0.356. The van der Waals surface area contributed by atoms with Crippen LogP contribution in [0.2, 0.25) is 0 Å². The Morgan fingerprint density at radius 3 is 1.15 bits per heavy atom. The second-order valence-corrected chi connectivity index (χ2v) is 11.7. The van der Waals surface area contributed by atoms with E-state index in [0.717, 1.165) is 0 Å². The summed E-state index contributed by atoms with van der Waals surface area (Å²) < 4.78 is 0. The van der Waals surface area contributed by atoms with Crippen LogP contribution in [0.1, 0.15) is 89.5 Å². The van der Waals surface area contributed by atoms with Crippen molar-refractivity contribution in [3.63, 3.8) is 0 Å². The molecule has 2 aromatic rings. The van der Waals surface area contributed by atoms with Crippen LogP contribution in [0.15, 0.2) is 36.4 Å². The zero-order chi connectivity index (χ0) is 21.1. The number of hydrogen-bond donors (Lipinski definition) is 0. The Kier molecular flexibility index (Phi) is 13.5. The molecule has 0 heterocycles. The van der Waals surface area contributed by atoms with Crippen molar-refractivity contribution in [3.8, 4) is 0 Å². The van der Waals surface area contributed by atoms with Gasteiger partial charge >= 0.3 is 37.9 Å². The monoisotopic (exact) mass is 486 g/mol. The van der Waals surface area contributed by atoms with Gasteiger partial charge in [-0.2, -0.15) is 46.5 Å². The molecule has 0 aliphatic carbocycles. The van der Waals surface area contributed by atoms with Gasteiger partial charge in [-0.05, 0) is 0 Å². The fraction of sp³-hybridized carbons (Fsp3) is 0.583. The van der Waals surface area contributed by atoms with Gasteiger partial charge in [0.25, 0.3) is 0 Å². The van der Waals surface area contributed by atoms with Gasteiger partial charge in [-0.3, -0.25) is 0 Å². The minimum atomic E-state index is -0.826. The van der Waals surface area contributed by atoms with Crippen LogP contribution in [0.4, 0.5) is 0 Å². The Labute approximate surface area is 187 Å². The molecule has 0 saturated carbocycles. The molecular weight excluding hydrogens is 450 g/mol. The summed E-state index contributed by atoms with van der Waals surface area (Å²) in [5, 5.41) is 0. The standard InChI is InChI=1S/2C12H19.2ClH.Zr/c2*1-5-12(4,6-2)11-8-7-10(3)9-11;;;/h2*7-9H,5-6H2,1-4H3;2*1H;/q2*-1;;;+4/p-2. The molecule has 2 rings (SSSR count). The van der Waals surface area contributed by atoms with E-state index >= 15 is 0 Å². The first-order valence-electron chi connectivity index (χ1n) is 10.1. The molecule has 0 N–H and O–H groups in total. The number of hydrogen-bond acceptors (Lipinski definition) is 0. The molecular formula is C24H38Cl2Zr. The third-order valence-corrected chi connectivity index (χ3v) is 6.33. The summed E-state index contributed by atoms with van der Waals surface area (Å²) in [6.45, 7) is 18.1. The van der Waals surface area contributed by atoms with Gasteiger partial charge in [0.2, 0.25) is 0 Å². The predicted molar refractivity (Wildman–Crippen MR) is 121 cm³/mol. The molecule has 3 heteroatoms. The van der Waals surface area contributed by atoms with Gasteiger partial charge in [0.1, 0.15) is 0 Å². The van der Waals surface area contributed by atoms with E-state index < -0.39 is 20.8 Å². The zero-order valence-corrected chi connectivity index (χ0v) is 22.5. The number of rotatable bonds is 6. The molecule has 0 unspecified atom stereocenters. The van der Waals surface area contributed by atoms with E-state index in [1.807, 2.05) is 0 Å². The van der Waals surface area contributed by atoms with Crippen molar-refractivity contribution in [1.29, 1.82) is 0 Å². The molecule has 0 atom stereocenters. The summed E-state index contributed by atoms with van der Waals surface area (Å²) in [6.07, 6.45) is 4.92. The second kappa shape index (κ2) is 13.4. The molecule has 0 aliphatic heterocycles. The third-order valence-electron chi connectivity index (χ3n) is 6.33. The average Bonchev–Trinajstić information content (AvgIpc) is 3.30. The molecule has 0 aliphatic rings. The minimum absolute atomic E-state index is 0.397. The van der Waals surface area contributed by atoms with Gasteiger partial charge < -0.3 is 0 Å². The van der Waals surface area contributed by atoms with Crippen LogP contribution in [0.3, 0.4) is 0 Å². The molecule has 0 spiro atoms. The Bertz CT molecular complexity index is 562. The molecule has 0 amide bonds. The van der Waals surface area contributed by atoms with Crippen molar-refractivity contribution in [2.75, 3.05) is 0 Å². The molecule has 0 radical (unpaired) electrons. The Balaban J connectivity index is 0.000000438. The predicted octanol–water partition coefficient (Wildman–Crippen LogP) is 8.96. The van der Waals surface area contributed by atoms with Gasteiger partial charge in [0.05, 0.1) is 0 Å². The van der Waals surface area contributed by atoms with E-state index in [4.69, 9.17) is 17.0 Å². The molecule has 2 aromatic carbocycles. The van der Waals surface area contributed by atoms with Crippen LogP contribution in [-0.4, -0.2) is 0 Å². The zero-order valence-electron chi connectivity index (χ0n) is 18.5. The molecule has 0 saturated heterocycles. The van der Waals surface area contributed by atoms with Crippen molar-refractivity contribution in [3.05, 3.63) is 58.7 Å². The maximum atomic E-state index is 4.93. The van der Waals surface area contributed by atoms with Crippen molar-refractivity contribution < 1.29 is 20.8 Å². The van der Waals surface area contributed by atoms with Crippen LogP contribution in [0, 0.1) is 13.8 Å². The fourth-order valence-electron chi connectivity index (χ4n) is 3.19. The first kappa shape index (κ1) is 27.2. The van der Waals surface area contributed by atoms with E-state index in [-0.39, 0.29) is 0 Å². The van der Waals surface area contributed by atoms with Gasteiger partial charge in [-0.15, -0.1) is 0 Å². The Morgan fingerprint density at radius 1 is 0.741 bits per heavy atom. The summed E-state index contributed by atoms with van der Waals surface area (Å²) in [6, 6.07) is 13.6. The topological polar surface area (TPSA) is 0 Å². The van der Waals surface area contributed by atoms with Crippen molar-refractivity contribution in [2.45, 2.75) is 91.9 Å². The van der Waals surface area contributed by atoms with E-state index in [1.54, 1.807) is 0 Å². The summed E-state index contributed by atoms with van der Waals surface area (Å²) in [5.74, 6) is 0. The van der Waals surface area contributed by atoms with E-state index in [1.165, 1.54) is 47.9 Å². The van der Waals surface area contributed by atoms with E-state index in [9.17, 15) is 0 Å². The summed E-state index contributed by atoms with van der Waals surface area (Å²) >= 11 is -0.826. The first-order chi connectivity index (χ1) is 12.7. The molecule has 0 fully saturated rings. The molecule has 0 bridgehead atoms. The number of aryl methyl sites for hydroxylation is 2. The van der Waals surface area contributed by atoms with Gasteiger partial charge in [0, 0.05) is 0 Å². The summed E-state index contributed by atoms with van der Waals surface area (Å²) in [7, 11) is 9.87. The van der Waals surface area contributed by atoms with Crippen molar-refractivity contribution in [2.24, 2.45) is 0 Å². The first-order valence-corrected chi connectivity index (χ1v) is 16.4. The molecule has 27 heavy (non-hydrogen) atoms. The average molecular weight is 489 g/mol. The number of halogens is 2. The van der Waals surface area contributed by atoms with Crippen LogP contribution in [0.25, 0.3) is 0 Å². The van der Waals surface area contributed by atoms with E-state index in [0.29, 0.717) is 10.8 Å². The second-order valence-electron chi connectivity index (χ2n) is 7.96. The van der Waals surface area contributed by atoms with Crippen molar-refractivity contribution in [1.82, 2.24) is 0 Å². The third kappa shape index (κ3) is 8.59. The van der Waals surface area contributed by atoms with Gasteiger partial charge in [0.15, 0.2) is 0 Å². The van der Waals surface area contributed by atoms with Gasteiger partial charge in [-0.1, -0.05) is 91.9 Å². The van der Waals surface area contributed by atoms with Crippen molar-refractivity contribution >= 4 is 17.0 Å².